The number of H-pyrrole nitrogens is 2. The Morgan fingerprint density at radius 3 is 3.05 bits per heavy atom. The van der Waals surface area contributed by atoms with Gasteiger partial charge in [-0.05, 0) is 19.1 Å². The summed E-state index contributed by atoms with van der Waals surface area (Å²) in [7, 11) is 0. The molecular formula is C12H9N7O. The zero-order valence-electron chi connectivity index (χ0n) is 10.5. The first-order valence-corrected chi connectivity index (χ1v) is 5.98. The topological polar surface area (TPSA) is 105 Å². The van der Waals surface area contributed by atoms with Crippen molar-refractivity contribution in [3.63, 3.8) is 0 Å². The van der Waals surface area contributed by atoms with Gasteiger partial charge in [0.15, 0.2) is 0 Å². The van der Waals surface area contributed by atoms with Crippen molar-refractivity contribution in [3.05, 3.63) is 40.4 Å². The molecule has 4 aromatic rings. The van der Waals surface area contributed by atoms with E-state index in [9.17, 15) is 4.79 Å². The van der Waals surface area contributed by atoms with Crippen LogP contribution in [0, 0.1) is 6.92 Å². The molecule has 98 valence electrons. The van der Waals surface area contributed by atoms with Gasteiger partial charge in [0.25, 0.3) is 5.56 Å². The molecule has 0 saturated heterocycles. The Morgan fingerprint density at radius 1 is 1.25 bits per heavy atom. The van der Waals surface area contributed by atoms with Gasteiger partial charge in [-0.1, -0.05) is 11.3 Å². The first-order valence-electron chi connectivity index (χ1n) is 5.98. The smallest absolute Gasteiger partial charge is 0.276 e. The Morgan fingerprint density at radius 2 is 2.15 bits per heavy atom. The van der Waals surface area contributed by atoms with E-state index in [-0.39, 0.29) is 5.56 Å². The van der Waals surface area contributed by atoms with Crippen LogP contribution in [0.4, 0.5) is 0 Å². The van der Waals surface area contributed by atoms with Crippen LogP contribution in [0.2, 0.25) is 0 Å². The van der Waals surface area contributed by atoms with E-state index in [1.807, 2.05) is 18.2 Å². The van der Waals surface area contributed by atoms with Crippen LogP contribution >= 0.6 is 0 Å². The zero-order chi connectivity index (χ0) is 13.7. The molecule has 3 aromatic heterocycles. The molecule has 0 aliphatic rings. The average molecular weight is 267 g/mol. The van der Waals surface area contributed by atoms with E-state index in [1.54, 1.807) is 6.92 Å². The Bertz CT molecular complexity index is 994. The highest BCUT2D eigenvalue weighted by Crippen LogP contribution is 2.19. The number of nitrogens with zero attached hydrogens (tertiary/aromatic N) is 5. The van der Waals surface area contributed by atoms with Crippen LogP contribution in [-0.4, -0.2) is 35.0 Å². The number of nitrogens with one attached hydrogen (secondary N) is 2. The molecule has 0 unspecified atom stereocenters. The molecule has 0 spiro atoms. The number of hydrogen-bond acceptors (Lipinski definition) is 5. The lowest BCUT2D eigenvalue weighted by atomic mass is 10.1. The molecule has 1 aromatic carbocycles. The largest absolute Gasteiger partial charge is 0.323 e. The summed E-state index contributed by atoms with van der Waals surface area (Å²) in [5.74, 6) is 0.965. The molecule has 0 bridgehead atoms. The lowest BCUT2D eigenvalue weighted by molar-refractivity contribution is 0.882. The highest BCUT2D eigenvalue weighted by molar-refractivity contribution is 5.80. The van der Waals surface area contributed by atoms with Crippen LogP contribution < -0.4 is 5.56 Å². The second kappa shape index (κ2) is 3.73. The van der Waals surface area contributed by atoms with Crippen molar-refractivity contribution in [2.75, 3.05) is 0 Å². The van der Waals surface area contributed by atoms with Gasteiger partial charge >= 0.3 is 0 Å². The number of aromatic amines is 2. The fourth-order valence-electron chi connectivity index (χ4n) is 2.16. The zero-order valence-corrected chi connectivity index (χ0v) is 10.5. The fraction of sp³-hybridized carbons (Fsp3) is 0.0833. The summed E-state index contributed by atoms with van der Waals surface area (Å²) in [6.45, 7) is 1.74. The lowest BCUT2D eigenvalue weighted by Crippen LogP contribution is -2.14. The van der Waals surface area contributed by atoms with Crippen molar-refractivity contribution in [1.29, 1.82) is 0 Å². The summed E-state index contributed by atoms with van der Waals surface area (Å²) in [5, 5.41) is 14.5. The van der Waals surface area contributed by atoms with Crippen molar-refractivity contribution < 1.29 is 0 Å². The molecule has 0 amide bonds. The van der Waals surface area contributed by atoms with Gasteiger partial charge in [-0.15, -0.1) is 10.2 Å². The molecule has 20 heavy (non-hydrogen) atoms. The number of fused-ring (bicyclic) bond motifs is 2. The fourth-order valence-corrected chi connectivity index (χ4v) is 2.16. The minimum absolute atomic E-state index is 0.227. The number of benzene rings is 1. The minimum Gasteiger partial charge on any atom is -0.323 e. The summed E-state index contributed by atoms with van der Waals surface area (Å²) in [4.78, 5) is 19.3. The van der Waals surface area contributed by atoms with Gasteiger partial charge in [0.2, 0.25) is 5.78 Å². The third-order valence-corrected chi connectivity index (χ3v) is 3.07. The second-order valence-electron chi connectivity index (χ2n) is 4.46. The summed E-state index contributed by atoms with van der Waals surface area (Å²) >= 11 is 0. The molecule has 8 heteroatoms. The molecular weight excluding hydrogens is 258 g/mol. The predicted molar refractivity (Wildman–Crippen MR) is 71.2 cm³/mol. The Hall–Kier alpha value is -3.03. The molecule has 0 radical (unpaired) electrons. The van der Waals surface area contributed by atoms with Crippen molar-refractivity contribution in [2.24, 2.45) is 0 Å². The highest BCUT2D eigenvalue weighted by atomic mass is 16.1. The second-order valence-corrected chi connectivity index (χ2v) is 4.46. The standard InChI is InChI=1S/C12H9N7O/c1-6-13-12-14-9(5-11(20)19(12)17-6)7-2-3-8-10(4-7)16-18-15-8/h2-5H,1H3,(H,13,14,17)(H,15,16,18). The number of aryl methyl sites for hydroxylation is 1. The lowest BCUT2D eigenvalue weighted by Gasteiger charge is -2.01. The van der Waals surface area contributed by atoms with Gasteiger partial charge in [-0.3, -0.25) is 9.89 Å². The summed E-state index contributed by atoms with van der Waals surface area (Å²) in [6.07, 6.45) is 0. The molecule has 2 N–H and O–H groups in total. The van der Waals surface area contributed by atoms with Crippen molar-refractivity contribution >= 4 is 16.8 Å². The van der Waals surface area contributed by atoms with Gasteiger partial charge < -0.3 is 4.98 Å². The van der Waals surface area contributed by atoms with E-state index in [1.165, 1.54) is 10.6 Å². The monoisotopic (exact) mass is 267 g/mol. The predicted octanol–water partition coefficient (Wildman–Crippen LogP) is 0.664. The maximum Gasteiger partial charge on any atom is 0.276 e. The third-order valence-electron chi connectivity index (χ3n) is 3.07. The van der Waals surface area contributed by atoms with Crippen LogP contribution in [0.15, 0.2) is 29.1 Å². The maximum atomic E-state index is 12.0. The van der Waals surface area contributed by atoms with E-state index in [0.717, 1.165) is 16.6 Å². The molecule has 0 aliphatic carbocycles. The van der Waals surface area contributed by atoms with Crippen molar-refractivity contribution in [3.8, 4) is 11.3 Å². The Balaban J connectivity index is 1.98. The third kappa shape index (κ3) is 1.51. The molecule has 8 nitrogen and oxygen atoms in total. The van der Waals surface area contributed by atoms with E-state index in [4.69, 9.17) is 0 Å². The van der Waals surface area contributed by atoms with Gasteiger partial charge in [0.05, 0.1) is 11.2 Å². The minimum atomic E-state index is -0.227. The Kier molecular flexibility index (Phi) is 2.02. The summed E-state index contributed by atoms with van der Waals surface area (Å²) in [5.41, 5.74) is 2.86. The highest BCUT2D eigenvalue weighted by Gasteiger charge is 2.08. The number of aromatic nitrogens is 7. The van der Waals surface area contributed by atoms with Gasteiger partial charge in [0.1, 0.15) is 11.3 Å². The van der Waals surface area contributed by atoms with E-state index in [0.29, 0.717) is 17.3 Å². The van der Waals surface area contributed by atoms with E-state index in [2.05, 4.69) is 30.5 Å². The Labute approximate surface area is 111 Å². The molecule has 3 heterocycles. The SMILES string of the molecule is Cc1nc2[nH]c(-c3ccc4[nH]nnc4c3)cc(=O)n2n1. The van der Waals surface area contributed by atoms with Crippen molar-refractivity contribution in [1.82, 2.24) is 35.0 Å². The van der Waals surface area contributed by atoms with Gasteiger partial charge in [0, 0.05) is 11.6 Å². The van der Waals surface area contributed by atoms with Gasteiger partial charge in [-0.25, -0.2) is 0 Å². The summed E-state index contributed by atoms with van der Waals surface area (Å²) < 4.78 is 1.24. The number of hydrogen-bond donors (Lipinski definition) is 2. The van der Waals surface area contributed by atoms with Crippen LogP contribution in [0.5, 0.6) is 0 Å². The van der Waals surface area contributed by atoms with Crippen LogP contribution in [0.25, 0.3) is 28.1 Å². The van der Waals surface area contributed by atoms with Gasteiger partial charge in [-0.2, -0.15) is 9.50 Å². The molecule has 0 fully saturated rings. The normalized spacial score (nSPS) is 11.4. The molecule has 4 rings (SSSR count). The first kappa shape index (κ1) is 10.9. The van der Waals surface area contributed by atoms with Crippen LogP contribution in [0.3, 0.4) is 0 Å². The van der Waals surface area contributed by atoms with Crippen LogP contribution in [-0.2, 0) is 0 Å². The number of rotatable bonds is 1. The maximum absolute atomic E-state index is 12.0. The quantitative estimate of drug-likeness (QED) is 0.527. The molecule has 0 aliphatic heterocycles. The first-order chi connectivity index (χ1) is 9.70. The van der Waals surface area contributed by atoms with E-state index >= 15 is 0 Å². The summed E-state index contributed by atoms with van der Waals surface area (Å²) in [6, 6.07) is 7.08. The molecule has 0 atom stereocenters. The van der Waals surface area contributed by atoms with Crippen LogP contribution in [0.1, 0.15) is 5.82 Å². The van der Waals surface area contributed by atoms with Crippen molar-refractivity contribution in [2.45, 2.75) is 6.92 Å². The average Bonchev–Trinajstić information content (AvgIpc) is 3.03. The van der Waals surface area contributed by atoms with E-state index < -0.39 is 0 Å². The molecule has 0 saturated carbocycles.